The van der Waals surface area contributed by atoms with Crippen LogP contribution in [-0.2, 0) is 0 Å². The zero-order valence-corrected chi connectivity index (χ0v) is 9.96. The van der Waals surface area contributed by atoms with Gasteiger partial charge >= 0.3 is 0 Å². The van der Waals surface area contributed by atoms with E-state index in [0.717, 1.165) is 16.2 Å². The van der Waals surface area contributed by atoms with Gasteiger partial charge in [0.15, 0.2) is 0 Å². The summed E-state index contributed by atoms with van der Waals surface area (Å²) in [5.74, 6) is 2.21. The Morgan fingerprint density at radius 3 is 2.71 bits per heavy atom. The SMILES string of the molecule is CC(C1CCC1)C(N)c1occc1Br. The minimum Gasteiger partial charge on any atom is -0.466 e. The van der Waals surface area contributed by atoms with Crippen LogP contribution in [0, 0.1) is 11.8 Å². The van der Waals surface area contributed by atoms with Crippen LogP contribution in [0.3, 0.4) is 0 Å². The van der Waals surface area contributed by atoms with Gasteiger partial charge in [0, 0.05) is 0 Å². The highest BCUT2D eigenvalue weighted by Gasteiger charge is 2.30. The first-order valence-electron chi connectivity index (χ1n) is 5.18. The summed E-state index contributed by atoms with van der Waals surface area (Å²) < 4.78 is 6.39. The van der Waals surface area contributed by atoms with Crippen molar-refractivity contribution in [2.45, 2.75) is 32.2 Å². The quantitative estimate of drug-likeness (QED) is 0.901. The summed E-state index contributed by atoms with van der Waals surface area (Å²) in [6.07, 6.45) is 5.70. The lowest BCUT2D eigenvalue weighted by Gasteiger charge is -2.34. The van der Waals surface area contributed by atoms with Crippen molar-refractivity contribution in [2.24, 2.45) is 17.6 Å². The van der Waals surface area contributed by atoms with Crippen LogP contribution < -0.4 is 5.73 Å². The van der Waals surface area contributed by atoms with Gasteiger partial charge in [0.2, 0.25) is 0 Å². The van der Waals surface area contributed by atoms with Crippen molar-refractivity contribution in [1.29, 1.82) is 0 Å². The first-order valence-corrected chi connectivity index (χ1v) is 5.98. The van der Waals surface area contributed by atoms with Crippen LogP contribution >= 0.6 is 15.9 Å². The molecular formula is C11H16BrNO. The second-order valence-electron chi connectivity index (χ2n) is 4.21. The van der Waals surface area contributed by atoms with E-state index < -0.39 is 0 Å². The predicted octanol–water partition coefficient (Wildman–Crippen LogP) is 3.48. The van der Waals surface area contributed by atoms with Crippen LogP contribution in [0.15, 0.2) is 21.2 Å². The first kappa shape index (κ1) is 10.2. The zero-order chi connectivity index (χ0) is 10.1. The maximum absolute atomic E-state index is 6.17. The second kappa shape index (κ2) is 4.07. The lowest BCUT2D eigenvalue weighted by atomic mass is 9.73. The molecule has 0 aliphatic heterocycles. The zero-order valence-electron chi connectivity index (χ0n) is 8.37. The molecule has 3 heteroatoms. The summed E-state index contributed by atoms with van der Waals surface area (Å²) >= 11 is 3.45. The maximum Gasteiger partial charge on any atom is 0.134 e. The van der Waals surface area contributed by atoms with E-state index in [4.69, 9.17) is 10.2 Å². The Balaban J connectivity index is 2.07. The van der Waals surface area contributed by atoms with Crippen molar-refractivity contribution >= 4 is 15.9 Å². The fourth-order valence-electron chi connectivity index (χ4n) is 2.04. The number of hydrogen-bond donors (Lipinski definition) is 1. The number of rotatable bonds is 3. The molecule has 0 radical (unpaired) electrons. The van der Waals surface area contributed by atoms with Crippen molar-refractivity contribution in [3.63, 3.8) is 0 Å². The van der Waals surface area contributed by atoms with E-state index in [1.54, 1.807) is 6.26 Å². The van der Waals surface area contributed by atoms with Gasteiger partial charge in [0.05, 0.1) is 16.8 Å². The van der Waals surface area contributed by atoms with Gasteiger partial charge in [-0.2, -0.15) is 0 Å². The summed E-state index contributed by atoms with van der Waals surface area (Å²) in [4.78, 5) is 0. The molecule has 1 saturated carbocycles. The Kier molecular flexibility index (Phi) is 2.98. The molecule has 2 unspecified atom stereocenters. The van der Waals surface area contributed by atoms with Gasteiger partial charge in [-0.1, -0.05) is 26.2 Å². The molecule has 0 aromatic carbocycles. The molecule has 2 atom stereocenters. The van der Waals surface area contributed by atoms with E-state index in [-0.39, 0.29) is 6.04 Å². The van der Waals surface area contributed by atoms with Crippen molar-refractivity contribution in [2.75, 3.05) is 0 Å². The van der Waals surface area contributed by atoms with E-state index in [9.17, 15) is 0 Å². The average Bonchev–Trinajstić information content (AvgIpc) is 2.47. The monoisotopic (exact) mass is 257 g/mol. The lowest BCUT2D eigenvalue weighted by Crippen LogP contribution is -2.29. The van der Waals surface area contributed by atoms with Crippen LogP contribution in [0.25, 0.3) is 0 Å². The summed E-state index contributed by atoms with van der Waals surface area (Å²) in [7, 11) is 0. The van der Waals surface area contributed by atoms with Crippen molar-refractivity contribution in [3.8, 4) is 0 Å². The molecule has 1 heterocycles. The predicted molar refractivity (Wildman–Crippen MR) is 59.8 cm³/mol. The van der Waals surface area contributed by atoms with Gasteiger partial charge in [-0.3, -0.25) is 0 Å². The van der Waals surface area contributed by atoms with Crippen LogP contribution in [0.2, 0.25) is 0 Å². The number of halogens is 1. The smallest absolute Gasteiger partial charge is 0.134 e. The van der Waals surface area contributed by atoms with Gasteiger partial charge in [-0.25, -0.2) is 0 Å². The summed E-state index contributed by atoms with van der Waals surface area (Å²) in [5, 5.41) is 0. The van der Waals surface area contributed by atoms with E-state index in [1.165, 1.54) is 19.3 Å². The molecule has 14 heavy (non-hydrogen) atoms. The normalized spacial score (nSPS) is 21.6. The molecule has 2 rings (SSSR count). The van der Waals surface area contributed by atoms with E-state index in [1.807, 2.05) is 6.07 Å². The van der Waals surface area contributed by atoms with E-state index in [0.29, 0.717) is 5.92 Å². The second-order valence-corrected chi connectivity index (χ2v) is 5.06. The molecular weight excluding hydrogens is 242 g/mol. The van der Waals surface area contributed by atoms with Gasteiger partial charge in [0.1, 0.15) is 5.76 Å². The minimum absolute atomic E-state index is 0.0321. The highest BCUT2D eigenvalue weighted by molar-refractivity contribution is 9.10. The van der Waals surface area contributed by atoms with E-state index in [2.05, 4.69) is 22.9 Å². The molecule has 0 spiro atoms. The highest BCUT2D eigenvalue weighted by atomic mass is 79.9. The Hall–Kier alpha value is -0.280. The van der Waals surface area contributed by atoms with Crippen molar-refractivity contribution in [1.82, 2.24) is 0 Å². The fourth-order valence-corrected chi connectivity index (χ4v) is 2.51. The molecule has 1 aromatic heterocycles. The molecule has 78 valence electrons. The Morgan fingerprint density at radius 2 is 2.29 bits per heavy atom. The molecule has 2 N–H and O–H groups in total. The first-order chi connectivity index (χ1) is 6.70. The molecule has 0 amide bonds. The van der Waals surface area contributed by atoms with Crippen LogP contribution in [0.1, 0.15) is 38.0 Å². The number of furan rings is 1. The van der Waals surface area contributed by atoms with Crippen molar-refractivity contribution < 1.29 is 4.42 Å². The number of hydrogen-bond acceptors (Lipinski definition) is 2. The fraction of sp³-hybridized carbons (Fsp3) is 0.636. The third kappa shape index (κ3) is 1.75. The molecule has 1 aromatic rings. The summed E-state index contributed by atoms with van der Waals surface area (Å²) in [5.41, 5.74) is 6.17. The average molecular weight is 258 g/mol. The molecule has 1 fully saturated rings. The summed E-state index contributed by atoms with van der Waals surface area (Å²) in [6.45, 7) is 2.23. The molecule has 0 saturated heterocycles. The van der Waals surface area contributed by atoms with Crippen LogP contribution in [-0.4, -0.2) is 0 Å². The topological polar surface area (TPSA) is 39.2 Å². The molecule has 0 bridgehead atoms. The van der Waals surface area contributed by atoms with Crippen LogP contribution in [0.4, 0.5) is 0 Å². The minimum atomic E-state index is 0.0321. The third-order valence-corrected chi connectivity index (χ3v) is 4.06. The Bertz CT molecular complexity index is 306. The molecule has 1 aliphatic carbocycles. The maximum atomic E-state index is 6.17. The molecule has 2 nitrogen and oxygen atoms in total. The van der Waals surface area contributed by atoms with Crippen LogP contribution in [0.5, 0.6) is 0 Å². The van der Waals surface area contributed by atoms with Crippen molar-refractivity contribution in [3.05, 3.63) is 22.6 Å². The van der Waals surface area contributed by atoms with E-state index >= 15 is 0 Å². The van der Waals surface area contributed by atoms with Gasteiger partial charge < -0.3 is 10.2 Å². The van der Waals surface area contributed by atoms with Gasteiger partial charge in [-0.05, 0) is 33.8 Å². The summed E-state index contributed by atoms with van der Waals surface area (Å²) in [6, 6.07) is 1.94. The van der Waals surface area contributed by atoms with Gasteiger partial charge in [-0.15, -0.1) is 0 Å². The van der Waals surface area contributed by atoms with Gasteiger partial charge in [0.25, 0.3) is 0 Å². The lowest BCUT2D eigenvalue weighted by molar-refractivity contribution is 0.182. The Labute approximate surface area is 93.0 Å². The third-order valence-electron chi connectivity index (χ3n) is 3.41. The Morgan fingerprint density at radius 1 is 1.57 bits per heavy atom. The standard InChI is InChI=1S/C11H16BrNO/c1-7(8-3-2-4-8)10(13)11-9(12)5-6-14-11/h5-8,10H,2-4,13H2,1H3. The largest absolute Gasteiger partial charge is 0.466 e. The molecule has 1 aliphatic rings. The number of nitrogens with two attached hydrogens (primary N) is 1. The highest BCUT2D eigenvalue weighted by Crippen LogP contribution is 2.40.